The van der Waals surface area contributed by atoms with Crippen LogP contribution in [0, 0.1) is 17.5 Å². The van der Waals surface area contributed by atoms with Crippen molar-refractivity contribution in [2.24, 2.45) is 0 Å². The molecule has 0 saturated carbocycles. The third kappa shape index (κ3) is 4.15. The van der Waals surface area contributed by atoms with Crippen LogP contribution >= 0.6 is 0 Å². The molecule has 0 aliphatic rings. The minimum Gasteiger partial charge on any atom is -0.365 e. The number of hydrogen-bond donors (Lipinski definition) is 2. The van der Waals surface area contributed by atoms with Crippen molar-refractivity contribution in [3.63, 3.8) is 0 Å². The average Bonchev–Trinajstić information content (AvgIpc) is 2.64. The van der Waals surface area contributed by atoms with Gasteiger partial charge in [-0.05, 0) is 18.2 Å². The molecule has 1 aromatic heterocycles. The fourth-order valence-corrected chi connectivity index (χ4v) is 2.14. The van der Waals surface area contributed by atoms with Crippen molar-refractivity contribution in [2.45, 2.75) is 6.54 Å². The maximum atomic E-state index is 13.6. The topological polar surface area (TPSA) is 66.9 Å². The van der Waals surface area contributed by atoms with Gasteiger partial charge in [-0.3, -0.25) is 4.79 Å². The summed E-state index contributed by atoms with van der Waals surface area (Å²) in [5, 5.41) is 5.17. The molecule has 5 nitrogen and oxygen atoms in total. The largest absolute Gasteiger partial charge is 0.365 e. The number of carbonyl (C=O) groups excluding carboxylic acids is 1. The first kappa shape index (κ1) is 17.4. The van der Waals surface area contributed by atoms with E-state index in [9.17, 15) is 18.0 Å². The molecular formula is C18H13F3N4O. The molecule has 0 bridgehead atoms. The molecule has 3 rings (SSSR count). The molecule has 0 spiro atoms. The molecule has 0 aliphatic heterocycles. The quantitative estimate of drug-likeness (QED) is 0.729. The maximum absolute atomic E-state index is 13.6. The fraction of sp³-hybridized carbons (Fsp3) is 0.0556. The van der Waals surface area contributed by atoms with Crippen LogP contribution < -0.4 is 10.6 Å². The van der Waals surface area contributed by atoms with Gasteiger partial charge in [-0.2, -0.15) is 0 Å². The lowest BCUT2D eigenvalue weighted by Gasteiger charge is -2.08. The predicted octanol–water partition coefficient (Wildman–Crippen LogP) is 3.76. The third-order valence-electron chi connectivity index (χ3n) is 3.48. The minimum absolute atomic E-state index is 0.0508. The predicted molar refractivity (Wildman–Crippen MR) is 90.1 cm³/mol. The van der Waals surface area contributed by atoms with Crippen molar-refractivity contribution in [2.75, 3.05) is 10.6 Å². The van der Waals surface area contributed by atoms with Gasteiger partial charge in [0.25, 0.3) is 5.91 Å². The molecule has 132 valence electrons. The lowest BCUT2D eigenvalue weighted by molar-refractivity contribution is 0.102. The maximum Gasteiger partial charge on any atom is 0.275 e. The van der Waals surface area contributed by atoms with Gasteiger partial charge in [0.15, 0.2) is 0 Å². The molecule has 2 aromatic carbocycles. The summed E-state index contributed by atoms with van der Waals surface area (Å²) in [4.78, 5) is 20.0. The van der Waals surface area contributed by atoms with Crippen LogP contribution in [0.1, 0.15) is 16.1 Å². The molecule has 1 heterocycles. The Labute approximate surface area is 146 Å². The highest BCUT2D eigenvalue weighted by molar-refractivity contribution is 6.02. The van der Waals surface area contributed by atoms with Crippen molar-refractivity contribution in [1.29, 1.82) is 0 Å². The second kappa shape index (κ2) is 7.64. The van der Waals surface area contributed by atoms with Crippen LogP contribution in [-0.4, -0.2) is 15.9 Å². The Morgan fingerprint density at radius 1 is 0.962 bits per heavy atom. The zero-order valence-electron chi connectivity index (χ0n) is 13.3. The van der Waals surface area contributed by atoms with Gasteiger partial charge in [-0.25, -0.2) is 23.1 Å². The second-order valence-electron chi connectivity index (χ2n) is 5.31. The molecule has 0 unspecified atom stereocenters. The van der Waals surface area contributed by atoms with Crippen LogP contribution in [0.5, 0.6) is 0 Å². The van der Waals surface area contributed by atoms with Gasteiger partial charge in [0.05, 0.1) is 18.1 Å². The van der Waals surface area contributed by atoms with Gasteiger partial charge in [-0.15, -0.1) is 0 Å². The Morgan fingerprint density at radius 2 is 1.77 bits per heavy atom. The van der Waals surface area contributed by atoms with Crippen LogP contribution in [-0.2, 0) is 6.54 Å². The SMILES string of the molecule is O=C(Nc1ccc(F)cc1F)c1cnc(NCc2ccccc2F)cn1. The van der Waals surface area contributed by atoms with Crippen LogP contribution in [0.25, 0.3) is 0 Å². The molecule has 0 aliphatic carbocycles. The molecule has 0 radical (unpaired) electrons. The van der Waals surface area contributed by atoms with Crippen LogP contribution in [0.2, 0.25) is 0 Å². The van der Waals surface area contributed by atoms with Crippen molar-refractivity contribution in [1.82, 2.24) is 9.97 Å². The van der Waals surface area contributed by atoms with E-state index < -0.39 is 17.5 Å². The smallest absolute Gasteiger partial charge is 0.275 e. The number of amides is 1. The minimum atomic E-state index is -0.894. The summed E-state index contributed by atoms with van der Waals surface area (Å²) < 4.78 is 40.0. The number of anilines is 2. The number of nitrogens with one attached hydrogen (secondary N) is 2. The normalized spacial score (nSPS) is 10.4. The molecule has 0 atom stereocenters. The Kier molecular flexibility index (Phi) is 5.12. The molecule has 8 heteroatoms. The van der Waals surface area contributed by atoms with E-state index in [-0.39, 0.29) is 23.7 Å². The third-order valence-corrected chi connectivity index (χ3v) is 3.48. The standard InChI is InChI=1S/C18H13F3N4O/c19-12-5-6-15(14(21)7-12)25-18(26)16-9-24-17(10-22-16)23-8-11-3-1-2-4-13(11)20/h1-7,9-10H,8H2,(H,23,24)(H,25,26). The van der Waals surface area contributed by atoms with E-state index in [2.05, 4.69) is 20.6 Å². The van der Waals surface area contributed by atoms with Crippen molar-refractivity contribution >= 4 is 17.4 Å². The van der Waals surface area contributed by atoms with Crippen molar-refractivity contribution in [3.8, 4) is 0 Å². The monoisotopic (exact) mass is 358 g/mol. The number of nitrogens with zero attached hydrogens (tertiary/aromatic N) is 2. The van der Waals surface area contributed by atoms with Gasteiger partial charge in [0, 0.05) is 18.2 Å². The highest BCUT2D eigenvalue weighted by atomic mass is 19.1. The van der Waals surface area contributed by atoms with Crippen molar-refractivity contribution in [3.05, 3.63) is 83.6 Å². The number of aromatic nitrogens is 2. The summed E-state index contributed by atoms with van der Waals surface area (Å²) in [6.07, 6.45) is 2.50. The summed E-state index contributed by atoms with van der Waals surface area (Å²) in [7, 11) is 0. The van der Waals surface area contributed by atoms with Crippen LogP contribution in [0.3, 0.4) is 0 Å². The van der Waals surface area contributed by atoms with E-state index in [0.29, 0.717) is 17.4 Å². The average molecular weight is 358 g/mol. The van der Waals surface area contributed by atoms with E-state index in [1.165, 1.54) is 18.5 Å². The Bertz CT molecular complexity index is 932. The van der Waals surface area contributed by atoms with E-state index >= 15 is 0 Å². The number of hydrogen-bond acceptors (Lipinski definition) is 4. The highest BCUT2D eigenvalue weighted by Gasteiger charge is 2.12. The van der Waals surface area contributed by atoms with Crippen LogP contribution in [0.15, 0.2) is 54.9 Å². The lowest BCUT2D eigenvalue weighted by Crippen LogP contribution is -2.15. The molecule has 0 saturated heterocycles. The van der Waals surface area contributed by atoms with E-state index in [1.54, 1.807) is 18.2 Å². The van der Waals surface area contributed by atoms with Crippen LogP contribution in [0.4, 0.5) is 24.7 Å². The molecular weight excluding hydrogens is 345 g/mol. The molecule has 3 aromatic rings. The van der Waals surface area contributed by atoms with Crippen molar-refractivity contribution < 1.29 is 18.0 Å². The second-order valence-corrected chi connectivity index (χ2v) is 5.31. The van der Waals surface area contributed by atoms with E-state index in [0.717, 1.165) is 12.1 Å². The molecule has 26 heavy (non-hydrogen) atoms. The van der Waals surface area contributed by atoms with E-state index in [1.807, 2.05) is 0 Å². The van der Waals surface area contributed by atoms with Gasteiger partial charge in [0.1, 0.15) is 29.0 Å². The number of halogens is 3. The Balaban J connectivity index is 1.63. The summed E-state index contributed by atoms with van der Waals surface area (Å²) in [6, 6.07) is 9.10. The first-order valence-corrected chi connectivity index (χ1v) is 7.58. The summed E-state index contributed by atoms with van der Waals surface area (Å²) >= 11 is 0. The molecule has 1 amide bonds. The van der Waals surface area contributed by atoms with Gasteiger partial charge >= 0.3 is 0 Å². The highest BCUT2D eigenvalue weighted by Crippen LogP contribution is 2.16. The van der Waals surface area contributed by atoms with Gasteiger partial charge < -0.3 is 10.6 Å². The summed E-state index contributed by atoms with van der Waals surface area (Å²) in [5.41, 5.74) is 0.244. The lowest BCUT2D eigenvalue weighted by atomic mass is 10.2. The zero-order valence-corrected chi connectivity index (χ0v) is 13.3. The molecule has 0 fully saturated rings. The van der Waals surface area contributed by atoms with Gasteiger partial charge in [0.2, 0.25) is 0 Å². The summed E-state index contributed by atoms with van der Waals surface area (Å²) in [5.74, 6) is -2.33. The number of benzene rings is 2. The fourth-order valence-electron chi connectivity index (χ4n) is 2.14. The van der Waals surface area contributed by atoms with Gasteiger partial charge in [-0.1, -0.05) is 18.2 Å². The molecule has 2 N–H and O–H groups in total. The zero-order chi connectivity index (χ0) is 18.5. The Morgan fingerprint density at radius 3 is 2.46 bits per heavy atom. The number of rotatable bonds is 5. The first-order chi connectivity index (χ1) is 12.5. The first-order valence-electron chi connectivity index (χ1n) is 7.58. The number of carbonyl (C=O) groups is 1. The summed E-state index contributed by atoms with van der Waals surface area (Å²) in [6.45, 7) is 0.202. The Hall–Kier alpha value is -3.42. The van der Waals surface area contributed by atoms with E-state index in [4.69, 9.17) is 0 Å².